The number of carbonyl (C=O) groups is 1. The van der Waals surface area contributed by atoms with Crippen molar-refractivity contribution in [1.29, 1.82) is 0 Å². The van der Waals surface area contributed by atoms with Crippen LogP contribution < -0.4 is 10.6 Å². The first-order valence-corrected chi connectivity index (χ1v) is 7.66. The van der Waals surface area contributed by atoms with Crippen molar-refractivity contribution in [3.05, 3.63) is 34.8 Å². The number of fused-ring (bicyclic) bond motifs is 3. The molecule has 0 spiro atoms. The number of rotatable bonds is 2. The van der Waals surface area contributed by atoms with Gasteiger partial charge in [0.1, 0.15) is 5.69 Å². The third-order valence-corrected chi connectivity index (χ3v) is 5.07. The molecule has 3 atom stereocenters. The predicted molar refractivity (Wildman–Crippen MR) is 78.7 cm³/mol. The molecule has 1 aliphatic carbocycles. The van der Waals surface area contributed by atoms with Crippen molar-refractivity contribution in [2.75, 3.05) is 6.54 Å². The molecular weight excluding hydrogens is 320 g/mol. The van der Waals surface area contributed by atoms with E-state index >= 15 is 0 Å². The van der Waals surface area contributed by atoms with Gasteiger partial charge in [0.25, 0.3) is 5.91 Å². The SMILES string of the molecule is O=C(NC1CC2CC1CN2)c1cn2ccc(Br)c2cn1. The second-order valence-electron chi connectivity index (χ2n) is 5.65. The van der Waals surface area contributed by atoms with Crippen LogP contribution in [-0.2, 0) is 0 Å². The van der Waals surface area contributed by atoms with Crippen LogP contribution in [0.4, 0.5) is 0 Å². The Morgan fingerprint density at radius 2 is 2.40 bits per heavy atom. The summed E-state index contributed by atoms with van der Waals surface area (Å²) < 4.78 is 2.89. The van der Waals surface area contributed by atoms with Gasteiger partial charge in [-0.25, -0.2) is 4.98 Å². The second kappa shape index (κ2) is 4.56. The highest BCUT2D eigenvalue weighted by molar-refractivity contribution is 9.10. The van der Waals surface area contributed by atoms with Crippen LogP contribution in [-0.4, -0.2) is 33.9 Å². The first kappa shape index (κ1) is 12.3. The number of nitrogens with zero attached hydrogens (tertiary/aromatic N) is 2. The third-order valence-electron chi connectivity index (χ3n) is 4.40. The quantitative estimate of drug-likeness (QED) is 0.876. The highest BCUT2D eigenvalue weighted by Gasteiger charge is 2.40. The summed E-state index contributed by atoms with van der Waals surface area (Å²) >= 11 is 3.45. The molecule has 0 aromatic carbocycles. The van der Waals surface area contributed by atoms with Crippen molar-refractivity contribution in [2.45, 2.75) is 24.9 Å². The van der Waals surface area contributed by atoms with Gasteiger partial charge in [0.05, 0.1) is 11.7 Å². The van der Waals surface area contributed by atoms with Gasteiger partial charge in [-0.1, -0.05) is 0 Å². The largest absolute Gasteiger partial charge is 0.348 e. The first-order chi connectivity index (χ1) is 9.70. The maximum atomic E-state index is 12.3. The summed E-state index contributed by atoms with van der Waals surface area (Å²) in [4.78, 5) is 16.6. The van der Waals surface area contributed by atoms with Gasteiger partial charge in [-0.3, -0.25) is 4.79 Å². The summed E-state index contributed by atoms with van der Waals surface area (Å²) in [5.74, 6) is 0.502. The maximum Gasteiger partial charge on any atom is 0.271 e. The van der Waals surface area contributed by atoms with Gasteiger partial charge in [-0.05, 0) is 40.8 Å². The Labute approximate surface area is 124 Å². The lowest BCUT2D eigenvalue weighted by Gasteiger charge is -2.23. The van der Waals surface area contributed by atoms with Crippen molar-refractivity contribution in [3.8, 4) is 0 Å². The Kier molecular flexibility index (Phi) is 2.82. The number of amides is 1. The van der Waals surface area contributed by atoms with Gasteiger partial charge in [0.2, 0.25) is 0 Å². The molecule has 2 aliphatic rings. The van der Waals surface area contributed by atoms with Crippen LogP contribution in [0.3, 0.4) is 0 Å². The number of hydrogen-bond acceptors (Lipinski definition) is 3. The molecule has 3 unspecified atom stereocenters. The number of hydrogen-bond donors (Lipinski definition) is 2. The minimum Gasteiger partial charge on any atom is -0.348 e. The number of carbonyl (C=O) groups excluding carboxylic acids is 1. The van der Waals surface area contributed by atoms with Crippen molar-refractivity contribution >= 4 is 27.4 Å². The zero-order valence-corrected chi connectivity index (χ0v) is 12.4. The average Bonchev–Trinajstić information content (AvgIpc) is 3.14. The van der Waals surface area contributed by atoms with E-state index in [0.29, 0.717) is 23.7 Å². The van der Waals surface area contributed by atoms with Crippen LogP contribution >= 0.6 is 15.9 Å². The highest BCUT2D eigenvalue weighted by Crippen LogP contribution is 2.31. The fraction of sp³-hybridized carbons (Fsp3) is 0.429. The first-order valence-electron chi connectivity index (χ1n) is 6.87. The smallest absolute Gasteiger partial charge is 0.271 e. The van der Waals surface area contributed by atoms with E-state index in [2.05, 4.69) is 31.5 Å². The third kappa shape index (κ3) is 1.94. The number of nitrogens with one attached hydrogen (secondary N) is 2. The molecule has 2 N–H and O–H groups in total. The Morgan fingerprint density at radius 1 is 1.50 bits per heavy atom. The van der Waals surface area contributed by atoms with Gasteiger partial charge < -0.3 is 15.0 Å². The van der Waals surface area contributed by atoms with Crippen molar-refractivity contribution in [2.24, 2.45) is 5.92 Å². The molecule has 0 radical (unpaired) electrons. The minimum absolute atomic E-state index is 0.0747. The minimum atomic E-state index is -0.0747. The van der Waals surface area contributed by atoms with Gasteiger partial charge in [0.15, 0.2) is 0 Å². The molecule has 5 nitrogen and oxygen atoms in total. The van der Waals surface area contributed by atoms with Gasteiger partial charge in [-0.15, -0.1) is 0 Å². The predicted octanol–water partition coefficient (Wildman–Crippen LogP) is 1.58. The summed E-state index contributed by atoms with van der Waals surface area (Å²) in [6, 6.07) is 2.82. The highest BCUT2D eigenvalue weighted by atomic mass is 79.9. The zero-order chi connectivity index (χ0) is 13.7. The Hall–Kier alpha value is -1.40. The van der Waals surface area contributed by atoms with Crippen LogP contribution in [0, 0.1) is 5.92 Å². The molecule has 1 saturated carbocycles. The normalized spacial score (nSPS) is 28.1. The molecule has 1 aliphatic heterocycles. The molecule has 2 bridgehead atoms. The molecule has 4 rings (SSSR count). The molecule has 2 aromatic rings. The van der Waals surface area contributed by atoms with Crippen molar-refractivity contribution < 1.29 is 4.79 Å². The van der Waals surface area contributed by atoms with Crippen molar-refractivity contribution in [1.82, 2.24) is 20.0 Å². The van der Waals surface area contributed by atoms with E-state index in [-0.39, 0.29) is 5.91 Å². The molecule has 104 valence electrons. The van der Waals surface area contributed by atoms with Gasteiger partial charge in [0, 0.05) is 35.5 Å². The summed E-state index contributed by atoms with van der Waals surface area (Å²) in [6.07, 6.45) is 7.64. The second-order valence-corrected chi connectivity index (χ2v) is 6.50. The van der Waals surface area contributed by atoms with E-state index in [0.717, 1.165) is 23.0 Å². The lowest BCUT2D eigenvalue weighted by Crippen LogP contribution is -2.44. The number of aromatic nitrogens is 2. The van der Waals surface area contributed by atoms with Crippen LogP contribution in [0.2, 0.25) is 0 Å². The monoisotopic (exact) mass is 334 g/mol. The summed E-state index contributed by atoms with van der Waals surface area (Å²) in [7, 11) is 0. The summed E-state index contributed by atoms with van der Waals surface area (Å²) in [5, 5.41) is 6.58. The number of piperidine rings is 1. The fourth-order valence-corrected chi connectivity index (χ4v) is 3.77. The average molecular weight is 335 g/mol. The zero-order valence-electron chi connectivity index (χ0n) is 10.8. The summed E-state index contributed by atoms with van der Waals surface area (Å²) in [6.45, 7) is 1.02. The molecule has 2 aromatic heterocycles. The molecule has 2 fully saturated rings. The van der Waals surface area contributed by atoms with E-state index in [9.17, 15) is 4.79 Å². The van der Waals surface area contributed by atoms with E-state index < -0.39 is 0 Å². The fourth-order valence-electron chi connectivity index (χ4n) is 3.34. The lowest BCUT2D eigenvalue weighted by atomic mass is 10.0. The molecule has 3 heterocycles. The van der Waals surface area contributed by atoms with E-state index in [1.807, 2.05) is 16.7 Å². The van der Waals surface area contributed by atoms with Crippen LogP contribution in [0.25, 0.3) is 5.52 Å². The molecule has 20 heavy (non-hydrogen) atoms. The maximum absolute atomic E-state index is 12.3. The molecule has 6 heteroatoms. The molecule has 1 saturated heterocycles. The van der Waals surface area contributed by atoms with E-state index in [1.165, 1.54) is 6.42 Å². The van der Waals surface area contributed by atoms with E-state index in [4.69, 9.17) is 0 Å². The van der Waals surface area contributed by atoms with Crippen LogP contribution in [0.1, 0.15) is 23.3 Å². The summed E-state index contributed by atoms with van der Waals surface area (Å²) in [5.41, 5.74) is 1.43. The Balaban J connectivity index is 1.54. The standard InChI is InChI=1S/C14H15BrN4O/c15-10-1-2-19-7-12(17-6-13(10)19)14(20)18-11-4-9-3-8(11)5-16-9/h1-2,6-9,11,16H,3-5H2,(H,18,20). The molecule has 1 amide bonds. The number of halogens is 1. The Bertz CT molecular complexity index is 683. The van der Waals surface area contributed by atoms with Gasteiger partial charge >= 0.3 is 0 Å². The van der Waals surface area contributed by atoms with Crippen LogP contribution in [0.15, 0.2) is 29.1 Å². The lowest BCUT2D eigenvalue weighted by molar-refractivity contribution is 0.0919. The van der Waals surface area contributed by atoms with E-state index in [1.54, 1.807) is 12.4 Å². The van der Waals surface area contributed by atoms with Gasteiger partial charge in [-0.2, -0.15) is 0 Å². The topological polar surface area (TPSA) is 58.4 Å². The van der Waals surface area contributed by atoms with Crippen molar-refractivity contribution in [3.63, 3.8) is 0 Å². The Morgan fingerprint density at radius 3 is 3.15 bits per heavy atom. The molecular formula is C14H15BrN4O. The van der Waals surface area contributed by atoms with Crippen LogP contribution in [0.5, 0.6) is 0 Å².